The highest BCUT2D eigenvalue weighted by atomic mass is 16.7. The third kappa shape index (κ3) is 4.25. The summed E-state index contributed by atoms with van der Waals surface area (Å²) in [5.74, 6) is 0.202. The molecule has 24 heavy (non-hydrogen) atoms. The van der Waals surface area contributed by atoms with Crippen LogP contribution in [0, 0.1) is 11.8 Å². The van der Waals surface area contributed by atoms with Crippen LogP contribution in [0.2, 0.25) is 0 Å². The molecule has 0 aromatic rings. The van der Waals surface area contributed by atoms with Crippen molar-refractivity contribution < 1.29 is 40.1 Å². The zero-order chi connectivity index (χ0) is 18.1. The van der Waals surface area contributed by atoms with Gasteiger partial charge in [0.15, 0.2) is 6.29 Å². The molecule has 0 amide bonds. The van der Waals surface area contributed by atoms with Gasteiger partial charge in [0, 0.05) is 0 Å². The predicted molar refractivity (Wildman–Crippen MR) is 82.9 cm³/mol. The highest BCUT2D eigenvalue weighted by Crippen LogP contribution is 2.36. The molecule has 8 nitrogen and oxygen atoms in total. The molecule has 6 N–H and O–H groups in total. The lowest BCUT2D eigenvalue weighted by atomic mass is 9.73. The Bertz CT molecular complexity index is 402. The topological polar surface area (TPSA) is 140 Å². The number of aliphatic hydroxyl groups excluding tert-OH is 5. The molecule has 1 aliphatic heterocycles. The smallest absolute Gasteiger partial charge is 0.186 e. The normalized spacial score (nSPS) is 48.2. The van der Waals surface area contributed by atoms with Gasteiger partial charge >= 0.3 is 0 Å². The molecule has 1 aliphatic carbocycles. The van der Waals surface area contributed by atoms with Crippen LogP contribution in [0.1, 0.15) is 33.1 Å². The Hall–Kier alpha value is -0.320. The Kier molecular flexibility index (Phi) is 6.60. The van der Waals surface area contributed by atoms with Gasteiger partial charge in [0.05, 0.1) is 24.9 Å². The first kappa shape index (κ1) is 20.0. The van der Waals surface area contributed by atoms with Gasteiger partial charge in [-0.15, -0.1) is 0 Å². The fraction of sp³-hybridized carbons (Fsp3) is 1.00. The van der Waals surface area contributed by atoms with E-state index in [1.807, 2.05) is 6.92 Å². The zero-order valence-electron chi connectivity index (χ0n) is 14.2. The maximum absolute atomic E-state index is 10.0. The van der Waals surface area contributed by atoms with Crippen molar-refractivity contribution in [3.8, 4) is 0 Å². The Labute approximate surface area is 141 Å². The quantitative estimate of drug-likeness (QED) is 0.347. The first-order valence-electron chi connectivity index (χ1n) is 8.50. The van der Waals surface area contributed by atoms with Crippen LogP contribution >= 0.6 is 0 Å². The van der Waals surface area contributed by atoms with Crippen LogP contribution in [0.25, 0.3) is 0 Å². The molecule has 0 spiro atoms. The van der Waals surface area contributed by atoms with E-state index in [9.17, 15) is 25.5 Å². The molecule has 0 radical (unpaired) electrons. The summed E-state index contributed by atoms with van der Waals surface area (Å²) >= 11 is 0. The molecule has 9 unspecified atom stereocenters. The van der Waals surface area contributed by atoms with Crippen molar-refractivity contribution >= 4 is 0 Å². The molecule has 2 fully saturated rings. The molecule has 1 saturated carbocycles. The largest absolute Gasteiger partial charge is 0.394 e. The van der Waals surface area contributed by atoms with E-state index in [1.165, 1.54) is 0 Å². The minimum absolute atomic E-state index is 0.0446. The van der Waals surface area contributed by atoms with Crippen molar-refractivity contribution in [3.63, 3.8) is 0 Å². The summed E-state index contributed by atoms with van der Waals surface area (Å²) in [5.41, 5.74) is -1.06. The minimum atomic E-state index is -1.46. The van der Waals surface area contributed by atoms with Crippen LogP contribution in [0.5, 0.6) is 0 Å². The Morgan fingerprint density at radius 2 is 1.83 bits per heavy atom. The summed E-state index contributed by atoms with van der Waals surface area (Å²) in [7, 11) is 0. The average molecular weight is 350 g/mol. The summed E-state index contributed by atoms with van der Waals surface area (Å²) in [6.07, 6.45) is -5.46. The van der Waals surface area contributed by atoms with Crippen LogP contribution in [-0.2, 0) is 9.47 Å². The van der Waals surface area contributed by atoms with E-state index in [1.54, 1.807) is 6.92 Å². The Morgan fingerprint density at radius 3 is 2.42 bits per heavy atom. The molecule has 9 atom stereocenters. The fourth-order valence-corrected chi connectivity index (χ4v) is 3.41. The summed E-state index contributed by atoms with van der Waals surface area (Å²) in [5, 5.41) is 58.6. The van der Waals surface area contributed by atoms with Gasteiger partial charge in [0.1, 0.15) is 24.4 Å². The van der Waals surface area contributed by atoms with Crippen LogP contribution in [0.3, 0.4) is 0 Å². The van der Waals surface area contributed by atoms with Gasteiger partial charge in [-0.1, -0.05) is 6.92 Å². The SMILES string of the molecule is CC(COC1OC(CO)C(O)C(O)C1O)C1CCC(C)(O)C(O)C1. The summed E-state index contributed by atoms with van der Waals surface area (Å²) in [4.78, 5) is 0. The fourth-order valence-electron chi connectivity index (χ4n) is 3.41. The monoisotopic (exact) mass is 350 g/mol. The molecule has 2 aliphatic rings. The molecule has 2 rings (SSSR count). The molecule has 0 bridgehead atoms. The molecule has 0 aromatic carbocycles. The van der Waals surface area contributed by atoms with E-state index in [0.29, 0.717) is 12.8 Å². The van der Waals surface area contributed by atoms with Gasteiger partial charge in [-0.3, -0.25) is 0 Å². The zero-order valence-corrected chi connectivity index (χ0v) is 14.2. The molecule has 8 heteroatoms. The van der Waals surface area contributed by atoms with E-state index >= 15 is 0 Å². The lowest BCUT2D eigenvalue weighted by Crippen LogP contribution is -2.59. The second-order valence-electron chi connectivity index (χ2n) is 7.42. The lowest BCUT2D eigenvalue weighted by Gasteiger charge is -2.42. The van der Waals surface area contributed by atoms with Gasteiger partial charge in [-0.05, 0) is 38.0 Å². The van der Waals surface area contributed by atoms with Gasteiger partial charge in [-0.2, -0.15) is 0 Å². The van der Waals surface area contributed by atoms with Crippen molar-refractivity contribution in [2.24, 2.45) is 11.8 Å². The maximum atomic E-state index is 10.0. The molecular formula is C16H30O8. The molecule has 1 heterocycles. The number of hydrogen-bond donors (Lipinski definition) is 6. The van der Waals surface area contributed by atoms with Crippen LogP contribution in [0.15, 0.2) is 0 Å². The highest BCUT2D eigenvalue weighted by Gasteiger charge is 2.44. The number of ether oxygens (including phenoxy) is 2. The van der Waals surface area contributed by atoms with E-state index < -0.39 is 49.0 Å². The summed E-state index contributed by atoms with van der Waals surface area (Å²) in [6, 6.07) is 0. The second-order valence-corrected chi connectivity index (χ2v) is 7.42. The highest BCUT2D eigenvalue weighted by molar-refractivity contribution is 4.91. The van der Waals surface area contributed by atoms with E-state index in [4.69, 9.17) is 14.6 Å². The van der Waals surface area contributed by atoms with E-state index in [2.05, 4.69) is 0 Å². The first-order chi connectivity index (χ1) is 11.2. The van der Waals surface area contributed by atoms with Crippen molar-refractivity contribution in [1.82, 2.24) is 0 Å². The number of rotatable bonds is 5. The number of aliphatic hydroxyl groups is 6. The van der Waals surface area contributed by atoms with E-state index in [0.717, 1.165) is 6.42 Å². The standard InChI is InChI=1S/C16H30O8/c1-8(9-3-4-16(2,22)11(18)5-9)7-23-15-14(21)13(20)12(19)10(6-17)24-15/h8-15,17-22H,3-7H2,1-2H3. The summed E-state index contributed by atoms with van der Waals surface area (Å²) < 4.78 is 10.9. The van der Waals surface area contributed by atoms with Crippen LogP contribution in [0.4, 0.5) is 0 Å². The third-order valence-electron chi connectivity index (χ3n) is 5.44. The molecule has 0 aromatic heterocycles. The molecule has 142 valence electrons. The second kappa shape index (κ2) is 7.92. The van der Waals surface area contributed by atoms with Gasteiger partial charge in [0.2, 0.25) is 0 Å². The van der Waals surface area contributed by atoms with Crippen molar-refractivity contribution in [2.75, 3.05) is 13.2 Å². The molecule has 1 saturated heterocycles. The average Bonchev–Trinajstić information content (AvgIpc) is 2.54. The van der Waals surface area contributed by atoms with Crippen LogP contribution in [-0.4, -0.2) is 86.3 Å². The van der Waals surface area contributed by atoms with E-state index in [-0.39, 0.29) is 18.4 Å². The van der Waals surface area contributed by atoms with Crippen molar-refractivity contribution in [3.05, 3.63) is 0 Å². The third-order valence-corrected chi connectivity index (χ3v) is 5.44. The number of hydrogen-bond acceptors (Lipinski definition) is 8. The predicted octanol–water partition coefficient (Wildman–Crippen LogP) is -1.65. The molecular weight excluding hydrogens is 320 g/mol. The maximum Gasteiger partial charge on any atom is 0.186 e. The Balaban J connectivity index is 1.86. The first-order valence-corrected chi connectivity index (χ1v) is 8.50. The van der Waals surface area contributed by atoms with Gasteiger partial charge < -0.3 is 40.1 Å². The van der Waals surface area contributed by atoms with Gasteiger partial charge in [-0.25, -0.2) is 0 Å². The summed E-state index contributed by atoms with van der Waals surface area (Å²) in [6.45, 7) is 3.30. The minimum Gasteiger partial charge on any atom is -0.394 e. The van der Waals surface area contributed by atoms with Crippen LogP contribution < -0.4 is 0 Å². The Morgan fingerprint density at radius 1 is 1.17 bits per heavy atom. The van der Waals surface area contributed by atoms with Gasteiger partial charge in [0.25, 0.3) is 0 Å². The lowest BCUT2D eigenvalue weighted by molar-refractivity contribution is -0.304. The van der Waals surface area contributed by atoms with Crippen molar-refractivity contribution in [1.29, 1.82) is 0 Å². The van der Waals surface area contributed by atoms with Crippen molar-refractivity contribution in [2.45, 2.75) is 75.5 Å².